The molecule has 0 aromatic heterocycles. The number of hydrogen-bond donors (Lipinski definition) is 2. The Morgan fingerprint density at radius 2 is 1.79 bits per heavy atom. The molecule has 106 valence electrons. The van der Waals surface area contributed by atoms with E-state index in [2.05, 4.69) is 29.6 Å². The van der Waals surface area contributed by atoms with Gasteiger partial charge in [-0.2, -0.15) is 0 Å². The SMILES string of the molecule is OCCCc1cccc(NC2CCCCCCC2)c1. The van der Waals surface area contributed by atoms with Crippen LogP contribution in [0.15, 0.2) is 24.3 Å². The highest BCUT2D eigenvalue weighted by atomic mass is 16.2. The van der Waals surface area contributed by atoms with Crippen molar-refractivity contribution in [2.45, 2.75) is 63.8 Å². The number of rotatable bonds is 5. The van der Waals surface area contributed by atoms with Crippen LogP contribution in [-0.4, -0.2) is 17.8 Å². The van der Waals surface area contributed by atoms with Gasteiger partial charge in [0.2, 0.25) is 0 Å². The van der Waals surface area contributed by atoms with Crippen LogP contribution in [0.2, 0.25) is 0 Å². The fourth-order valence-corrected chi connectivity index (χ4v) is 2.94. The topological polar surface area (TPSA) is 32.3 Å². The molecule has 0 saturated heterocycles. The molecule has 0 spiro atoms. The highest BCUT2D eigenvalue weighted by Crippen LogP contribution is 2.21. The van der Waals surface area contributed by atoms with Crippen LogP contribution < -0.4 is 5.32 Å². The van der Waals surface area contributed by atoms with E-state index in [1.54, 1.807) is 0 Å². The molecule has 1 aromatic rings. The summed E-state index contributed by atoms with van der Waals surface area (Å²) in [5.74, 6) is 0. The summed E-state index contributed by atoms with van der Waals surface area (Å²) in [6, 6.07) is 9.33. The van der Waals surface area contributed by atoms with Gasteiger partial charge in [0.15, 0.2) is 0 Å². The van der Waals surface area contributed by atoms with Crippen molar-refractivity contribution in [3.05, 3.63) is 29.8 Å². The van der Waals surface area contributed by atoms with E-state index in [9.17, 15) is 0 Å². The van der Waals surface area contributed by atoms with Crippen LogP contribution in [-0.2, 0) is 6.42 Å². The molecule has 19 heavy (non-hydrogen) atoms. The van der Waals surface area contributed by atoms with E-state index in [1.807, 2.05) is 0 Å². The number of aryl methyl sites for hydroxylation is 1. The minimum Gasteiger partial charge on any atom is -0.396 e. The molecule has 0 atom stereocenters. The number of hydrogen-bond acceptors (Lipinski definition) is 2. The van der Waals surface area contributed by atoms with Crippen molar-refractivity contribution < 1.29 is 5.11 Å². The Kier molecular flexibility index (Phi) is 6.22. The maximum absolute atomic E-state index is 8.90. The lowest BCUT2D eigenvalue weighted by Crippen LogP contribution is -2.20. The molecule has 1 saturated carbocycles. The quantitative estimate of drug-likeness (QED) is 0.835. The third-order valence-electron chi connectivity index (χ3n) is 4.03. The molecular formula is C17H27NO. The molecule has 1 aliphatic carbocycles. The minimum atomic E-state index is 0.278. The fraction of sp³-hybridized carbons (Fsp3) is 0.647. The maximum Gasteiger partial charge on any atom is 0.0434 e. The molecule has 2 nitrogen and oxygen atoms in total. The van der Waals surface area contributed by atoms with E-state index in [0.717, 1.165) is 12.8 Å². The Balaban J connectivity index is 1.89. The van der Waals surface area contributed by atoms with Gasteiger partial charge in [-0.15, -0.1) is 0 Å². The summed E-state index contributed by atoms with van der Waals surface area (Å²) in [6.45, 7) is 0.278. The van der Waals surface area contributed by atoms with Crippen LogP contribution in [0.3, 0.4) is 0 Å². The standard InChI is InChI=1S/C17H27NO/c19-13-7-9-15-8-6-12-17(14-15)18-16-10-4-2-1-3-5-11-16/h6,8,12,14,16,18-19H,1-5,7,9-11,13H2. The van der Waals surface area contributed by atoms with Crippen molar-refractivity contribution in [3.63, 3.8) is 0 Å². The van der Waals surface area contributed by atoms with Gasteiger partial charge in [0, 0.05) is 18.3 Å². The van der Waals surface area contributed by atoms with Crippen molar-refractivity contribution in [2.24, 2.45) is 0 Å². The predicted molar refractivity (Wildman–Crippen MR) is 81.6 cm³/mol. The second kappa shape index (κ2) is 8.21. The Hall–Kier alpha value is -1.02. The summed E-state index contributed by atoms with van der Waals surface area (Å²) in [6.07, 6.45) is 11.4. The zero-order chi connectivity index (χ0) is 13.3. The van der Waals surface area contributed by atoms with Gasteiger partial charge in [0.05, 0.1) is 0 Å². The molecule has 1 fully saturated rings. The summed E-state index contributed by atoms with van der Waals surface area (Å²) < 4.78 is 0. The van der Waals surface area contributed by atoms with Crippen LogP contribution in [0.5, 0.6) is 0 Å². The molecule has 2 N–H and O–H groups in total. The van der Waals surface area contributed by atoms with E-state index in [-0.39, 0.29) is 6.61 Å². The second-order valence-corrected chi connectivity index (χ2v) is 5.71. The highest BCUT2D eigenvalue weighted by molar-refractivity contribution is 5.46. The van der Waals surface area contributed by atoms with Crippen LogP contribution >= 0.6 is 0 Å². The number of benzene rings is 1. The zero-order valence-electron chi connectivity index (χ0n) is 11.9. The Bertz CT molecular complexity index is 356. The average molecular weight is 261 g/mol. The second-order valence-electron chi connectivity index (χ2n) is 5.71. The highest BCUT2D eigenvalue weighted by Gasteiger charge is 2.11. The monoisotopic (exact) mass is 261 g/mol. The molecular weight excluding hydrogens is 234 g/mol. The first-order valence-corrected chi connectivity index (χ1v) is 7.85. The Morgan fingerprint density at radius 3 is 2.53 bits per heavy atom. The summed E-state index contributed by atoms with van der Waals surface area (Å²) in [5, 5.41) is 12.6. The molecule has 2 heteroatoms. The van der Waals surface area contributed by atoms with Gasteiger partial charge in [-0.3, -0.25) is 0 Å². The lowest BCUT2D eigenvalue weighted by molar-refractivity contribution is 0.288. The fourth-order valence-electron chi connectivity index (χ4n) is 2.94. The third kappa shape index (κ3) is 5.23. The number of aliphatic hydroxyl groups is 1. The number of anilines is 1. The summed E-state index contributed by atoms with van der Waals surface area (Å²) >= 11 is 0. The smallest absolute Gasteiger partial charge is 0.0434 e. The van der Waals surface area contributed by atoms with Crippen LogP contribution in [0.4, 0.5) is 5.69 Å². The molecule has 0 aliphatic heterocycles. The molecule has 0 radical (unpaired) electrons. The normalized spacial score (nSPS) is 17.7. The largest absolute Gasteiger partial charge is 0.396 e. The van der Waals surface area contributed by atoms with Crippen LogP contribution in [0.1, 0.15) is 56.9 Å². The van der Waals surface area contributed by atoms with Crippen molar-refractivity contribution in [1.29, 1.82) is 0 Å². The maximum atomic E-state index is 8.90. The van der Waals surface area contributed by atoms with Gasteiger partial charge in [-0.25, -0.2) is 0 Å². The first kappa shape index (κ1) is 14.4. The first-order chi connectivity index (χ1) is 9.38. The van der Waals surface area contributed by atoms with Gasteiger partial charge in [-0.1, -0.05) is 44.2 Å². The van der Waals surface area contributed by atoms with Crippen molar-refractivity contribution in [2.75, 3.05) is 11.9 Å². The number of aliphatic hydroxyl groups excluding tert-OH is 1. The predicted octanol–water partition coefficient (Wildman–Crippen LogP) is 4.14. The molecule has 1 aliphatic rings. The molecule has 0 amide bonds. The van der Waals surface area contributed by atoms with Gasteiger partial charge in [-0.05, 0) is 43.4 Å². The van der Waals surface area contributed by atoms with Gasteiger partial charge >= 0.3 is 0 Å². The lowest BCUT2D eigenvalue weighted by Gasteiger charge is -2.22. The van der Waals surface area contributed by atoms with Crippen molar-refractivity contribution in [1.82, 2.24) is 0 Å². The van der Waals surface area contributed by atoms with Crippen molar-refractivity contribution >= 4 is 5.69 Å². The minimum absolute atomic E-state index is 0.278. The van der Waals surface area contributed by atoms with Gasteiger partial charge in [0.1, 0.15) is 0 Å². The van der Waals surface area contributed by atoms with E-state index < -0.39 is 0 Å². The Labute approximate surface area is 117 Å². The molecule has 0 unspecified atom stereocenters. The van der Waals surface area contributed by atoms with Gasteiger partial charge in [0.25, 0.3) is 0 Å². The molecule has 1 aromatic carbocycles. The van der Waals surface area contributed by atoms with E-state index in [1.165, 1.54) is 56.2 Å². The lowest BCUT2D eigenvalue weighted by atomic mass is 9.96. The van der Waals surface area contributed by atoms with Crippen LogP contribution in [0.25, 0.3) is 0 Å². The van der Waals surface area contributed by atoms with E-state index in [0.29, 0.717) is 6.04 Å². The molecule has 2 rings (SSSR count). The Morgan fingerprint density at radius 1 is 1.05 bits per heavy atom. The van der Waals surface area contributed by atoms with Crippen LogP contribution in [0, 0.1) is 0 Å². The zero-order valence-corrected chi connectivity index (χ0v) is 11.9. The van der Waals surface area contributed by atoms with Gasteiger partial charge < -0.3 is 10.4 Å². The summed E-state index contributed by atoms with van der Waals surface area (Å²) in [5.41, 5.74) is 2.57. The third-order valence-corrected chi connectivity index (χ3v) is 4.03. The van der Waals surface area contributed by atoms with E-state index >= 15 is 0 Å². The summed E-state index contributed by atoms with van der Waals surface area (Å²) in [4.78, 5) is 0. The number of nitrogens with one attached hydrogen (secondary N) is 1. The van der Waals surface area contributed by atoms with Crippen molar-refractivity contribution in [3.8, 4) is 0 Å². The molecule has 0 heterocycles. The average Bonchev–Trinajstić information content (AvgIpc) is 2.40. The van der Waals surface area contributed by atoms with E-state index in [4.69, 9.17) is 5.11 Å². The first-order valence-electron chi connectivity index (χ1n) is 7.85. The summed E-state index contributed by atoms with van der Waals surface area (Å²) in [7, 11) is 0. The molecule has 0 bridgehead atoms.